The molecular formula is C32H53F3O3. The van der Waals surface area contributed by atoms with E-state index in [-0.39, 0.29) is 24.2 Å². The van der Waals surface area contributed by atoms with Gasteiger partial charge in [-0.05, 0) is 149 Å². The molecule has 0 aromatic carbocycles. The molecule has 0 aromatic rings. The third kappa shape index (κ3) is 4.89. The maximum atomic E-state index is 13.7. The van der Waals surface area contributed by atoms with Crippen LogP contribution in [-0.4, -0.2) is 41.3 Å². The minimum Gasteiger partial charge on any atom is -0.390 e. The number of aliphatic hydroxyl groups is 2. The van der Waals surface area contributed by atoms with Gasteiger partial charge in [-0.25, -0.2) is 0 Å². The SMILES string of the molecule is COCC1CCC(O)(CC[C@@H](C)[C@H]2CC[C@H]3[C@@H]4CC[C@H]5C[C@](O)(C(F)(F)F)CC[C@]5(C)[C@H]4CC[C@]23C)CC1. The third-order valence-corrected chi connectivity index (χ3v) is 13.5. The van der Waals surface area contributed by atoms with E-state index in [1.165, 1.54) is 19.3 Å². The number of alkyl halides is 3. The second-order valence-corrected chi connectivity index (χ2v) is 15.3. The average Bonchev–Trinajstić information content (AvgIpc) is 3.21. The van der Waals surface area contributed by atoms with Gasteiger partial charge in [-0.3, -0.25) is 0 Å². The first-order valence-electron chi connectivity index (χ1n) is 15.8. The quantitative estimate of drug-likeness (QED) is 0.358. The summed E-state index contributed by atoms with van der Waals surface area (Å²) in [5.41, 5.74) is -2.77. The van der Waals surface area contributed by atoms with E-state index in [1.54, 1.807) is 7.11 Å². The molecule has 0 saturated heterocycles. The van der Waals surface area contributed by atoms with Crippen LogP contribution in [0.2, 0.25) is 0 Å². The highest BCUT2D eigenvalue weighted by molar-refractivity contribution is 5.11. The second kappa shape index (κ2) is 10.2. The van der Waals surface area contributed by atoms with Crippen LogP contribution in [0.15, 0.2) is 0 Å². The van der Waals surface area contributed by atoms with Crippen molar-refractivity contribution in [2.75, 3.05) is 13.7 Å². The van der Waals surface area contributed by atoms with Gasteiger partial charge in [0.05, 0.1) is 5.60 Å². The third-order valence-electron chi connectivity index (χ3n) is 13.5. The average molecular weight is 543 g/mol. The van der Waals surface area contributed by atoms with E-state index < -0.39 is 17.4 Å². The second-order valence-electron chi connectivity index (χ2n) is 15.3. The number of hydrogen-bond acceptors (Lipinski definition) is 3. The van der Waals surface area contributed by atoms with Crippen molar-refractivity contribution in [3.63, 3.8) is 0 Å². The monoisotopic (exact) mass is 542 g/mol. The molecule has 0 spiro atoms. The summed E-state index contributed by atoms with van der Waals surface area (Å²) in [6, 6.07) is 0. The molecule has 5 saturated carbocycles. The Morgan fingerprint density at radius 1 is 0.842 bits per heavy atom. The van der Waals surface area contributed by atoms with Crippen molar-refractivity contribution in [3.8, 4) is 0 Å². The van der Waals surface area contributed by atoms with Crippen molar-refractivity contribution in [1.29, 1.82) is 0 Å². The van der Waals surface area contributed by atoms with E-state index in [9.17, 15) is 23.4 Å². The van der Waals surface area contributed by atoms with E-state index in [2.05, 4.69) is 20.8 Å². The molecule has 0 radical (unpaired) electrons. The molecule has 5 rings (SSSR count). The van der Waals surface area contributed by atoms with Crippen molar-refractivity contribution >= 4 is 0 Å². The van der Waals surface area contributed by atoms with Crippen LogP contribution < -0.4 is 0 Å². The molecule has 0 unspecified atom stereocenters. The summed E-state index contributed by atoms with van der Waals surface area (Å²) in [5, 5.41) is 21.8. The minimum absolute atomic E-state index is 0.0238. The van der Waals surface area contributed by atoms with E-state index in [0.29, 0.717) is 47.3 Å². The number of rotatable bonds is 6. The molecule has 3 nitrogen and oxygen atoms in total. The molecule has 38 heavy (non-hydrogen) atoms. The molecule has 9 atom stereocenters. The van der Waals surface area contributed by atoms with Crippen LogP contribution >= 0.6 is 0 Å². The van der Waals surface area contributed by atoms with Gasteiger partial charge in [-0.2, -0.15) is 13.2 Å². The van der Waals surface area contributed by atoms with Crippen LogP contribution in [0, 0.1) is 52.3 Å². The van der Waals surface area contributed by atoms with Crippen LogP contribution in [0.25, 0.3) is 0 Å². The number of fused-ring (bicyclic) bond motifs is 5. The lowest BCUT2D eigenvalue weighted by atomic mass is 9.43. The zero-order valence-electron chi connectivity index (χ0n) is 24.3. The zero-order valence-corrected chi connectivity index (χ0v) is 24.3. The van der Waals surface area contributed by atoms with Crippen LogP contribution in [-0.2, 0) is 4.74 Å². The van der Waals surface area contributed by atoms with E-state index in [0.717, 1.165) is 64.4 Å². The highest BCUT2D eigenvalue weighted by atomic mass is 19.4. The van der Waals surface area contributed by atoms with Crippen LogP contribution in [0.5, 0.6) is 0 Å². The standard InChI is InChI=1S/C32H53F3O3/c1-21(9-14-30(36)15-10-22(11-16-30)20-38-4)25-7-8-26-24-6-5-23-19-31(37,32(33,34)35)18-17-28(23,2)27(24)12-13-29(25,26)3/h21-27,36-37H,5-20H2,1-4H3/t21-,22?,23+,24+,25-,26+,27+,28+,29-,30?,31+/m1/s1. The normalized spacial score (nSPS) is 50.1. The smallest absolute Gasteiger partial charge is 0.390 e. The van der Waals surface area contributed by atoms with Gasteiger partial charge >= 0.3 is 6.18 Å². The molecule has 2 N–H and O–H groups in total. The summed E-state index contributed by atoms with van der Waals surface area (Å²) in [6.07, 6.45) is 8.32. The Morgan fingerprint density at radius 2 is 1.53 bits per heavy atom. The minimum atomic E-state index is -4.53. The van der Waals surface area contributed by atoms with Crippen molar-refractivity contribution in [3.05, 3.63) is 0 Å². The lowest BCUT2D eigenvalue weighted by Gasteiger charge is -2.62. The summed E-state index contributed by atoms with van der Waals surface area (Å²) in [4.78, 5) is 0. The maximum absolute atomic E-state index is 13.7. The summed E-state index contributed by atoms with van der Waals surface area (Å²) in [7, 11) is 1.76. The van der Waals surface area contributed by atoms with Gasteiger partial charge in [0.25, 0.3) is 0 Å². The lowest BCUT2D eigenvalue weighted by Crippen LogP contribution is -2.59. The predicted molar refractivity (Wildman–Crippen MR) is 143 cm³/mol. The van der Waals surface area contributed by atoms with Crippen molar-refractivity contribution < 1.29 is 28.1 Å². The van der Waals surface area contributed by atoms with Gasteiger partial charge in [-0.1, -0.05) is 20.8 Å². The Labute approximate surface area is 228 Å². The van der Waals surface area contributed by atoms with Gasteiger partial charge in [0.1, 0.15) is 0 Å². The Hall–Kier alpha value is -0.330. The van der Waals surface area contributed by atoms with Crippen molar-refractivity contribution in [1.82, 2.24) is 0 Å². The first-order valence-corrected chi connectivity index (χ1v) is 15.8. The highest BCUT2D eigenvalue weighted by Gasteiger charge is 2.65. The van der Waals surface area contributed by atoms with Gasteiger partial charge in [0.2, 0.25) is 0 Å². The molecule has 5 fully saturated rings. The Bertz CT molecular complexity index is 838. The molecule has 5 aliphatic carbocycles. The zero-order chi connectivity index (χ0) is 27.6. The summed E-state index contributed by atoms with van der Waals surface area (Å²) < 4.78 is 46.3. The Balaban J connectivity index is 1.22. The lowest BCUT2D eigenvalue weighted by molar-refractivity contribution is -0.290. The van der Waals surface area contributed by atoms with Gasteiger partial charge < -0.3 is 14.9 Å². The topological polar surface area (TPSA) is 49.7 Å². The fourth-order valence-electron chi connectivity index (χ4n) is 11.0. The molecule has 220 valence electrons. The molecule has 5 aliphatic rings. The number of ether oxygens (including phenoxy) is 1. The molecule has 0 heterocycles. The van der Waals surface area contributed by atoms with E-state index in [4.69, 9.17) is 4.74 Å². The number of hydrogen-bond donors (Lipinski definition) is 2. The molecule has 0 amide bonds. The molecule has 6 heteroatoms. The molecular weight excluding hydrogens is 489 g/mol. The summed E-state index contributed by atoms with van der Waals surface area (Å²) >= 11 is 0. The van der Waals surface area contributed by atoms with Crippen molar-refractivity contribution in [2.45, 2.75) is 134 Å². The number of methoxy groups -OCH3 is 1. The molecule has 0 aromatic heterocycles. The van der Waals surface area contributed by atoms with Crippen LogP contribution in [0.4, 0.5) is 13.2 Å². The first-order chi connectivity index (χ1) is 17.7. The van der Waals surface area contributed by atoms with Crippen molar-refractivity contribution in [2.24, 2.45) is 52.3 Å². The van der Waals surface area contributed by atoms with Crippen LogP contribution in [0.1, 0.15) is 117 Å². The fraction of sp³-hybridized carbons (Fsp3) is 1.00. The summed E-state index contributed by atoms with van der Waals surface area (Å²) in [6.45, 7) is 8.02. The largest absolute Gasteiger partial charge is 0.417 e. The number of halogens is 3. The highest BCUT2D eigenvalue weighted by Crippen LogP contribution is 2.69. The van der Waals surface area contributed by atoms with Gasteiger partial charge in [-0.15, -0.1) is 0 Å². The van der Waals surface area contributed by atoms with Gasteiger partial charge in [0.15, 0.2) is 5.60 Å². The Kier molecular flexibility index (Phi) is 7.82. The molecule has 0 aliphatic heterocycles. The maximum Gasteiger partial charge on any atom is 0.417 e. The van der Waals surface area contributed by atoms with Gasteiger partial charge in [0, 0.05) is 13.7 Å². The van der Waals surface area contributed by atoms with Crippen LogP contribution in [0.3, 0.4) is 0 Å². The fourth-order valence-corrected chi connectivity index (χ4v) is 11.0. The summed E-state index contributed by atoms with van der Waals surface area (Å²) in [5.74, 6) is 3.61. The predicted octanol–water partition coefficient (Wildman–Crippen LogP) is 7.92. The van der Waals surface area contributed by atoms with E-state index in [1.807, 2.05) is 0 Å². The Morgan fingerprint density at radius 3 is 2.18 bits per heavy atom. The first kappa shape index (κ1) is 29.2. The molecule has 0 bridgehead atoms. The van der Waals surface area contributed by atoms with E-state index >= 15 is 0 Å².